The third kappa shape index (κ3) is 6.43. The number of hydrogen-bond acceptors (Lipinski definition) is 2. The molecule has 8 bridgehead atoms. The van der Waals surface area contributed by atoms with Crippen LogP contribution in [0.25, 0.3) is 90.9 Å². The molecule has 5 heterocycles. The SMILES string of the molecule is Clc1cccc(Cl)c1-c1c2nc(c(-c3c(Cl)cccc3Cl)c3ccc([n-]3)c(-c3c(Cl)cccc3Cl)c3nc(c(-c4c(Cl)cccc4Cl)c4ccc1[n-]4)C=C3)C=C2. The van der Waals surface area contributed by atoms with E-state index in [1.165, 1.54) is 0 Å². The summed E-state index contributed by atoms with van der Waals surface area (Å²) in [6, 6.07) is 28.8. The maximum atomic E-state index is 6.93. The third-order valence-corrected chi connectivity index (χ3v) is 12.0. The molecule has 4 nitrogen and oxygen atoms in total. The molecule has 0 unspecified atom stereocenters. The Morgan fingerprint density at radius 3 is 0.661 bits per heavy atom. The molecule has 0 amide bonds. The molecule has 0 N–H and O–H groups in total. The van der Waals surface area contributed by atoms with Crippen molar-refractivity contribution in [1.29, 1.82) is 0 Å². The van der Waals surface area contributed by atoms with Crippen molar-refractivity contribution in [3.63, 3.8) is 0 Å². The largest absolute Gasteiger partial charge is 0.657 e. The van der Waals surface area contributed by atoms with E-state index in [4.69, 9.17) is 113 Å². The van der Waals surface area contributed by atoms with Crippen molar-refractivity contribution in [2.45, 2.75) is 0 Å². The molecule has 0 spiro atoms. The van der Waals surface area contributed by atoms with E-state index in [2.05, 4.69) is 0 Å². The predicted octanol–water partition coefficient (Wildman–Crippen LogP) is 15.8. The van der Waals surface area contributed by atoms with E-state index in [-0.39, 0.29) is 0 Å². The van der Waals surface area contributed by atoms with Crippen molar-refractivity contribution in [3.05, 3.63) is 160 Å². The summed E-state index contributed by atoms with van der Waals surface area (Å²) in [5.41, 5.74) is 8.93. The molecule has 3 aromatic heterocycles. The lowest BCUT2D eigenvalue weighted by atomic mass is 10.0. The Kier molecular flexibility index (Phi) is 9.98. The van der Waals surface area contributed by atoms with Gasteiger partial charge in [0.15, 0.2) is 0 Å². The summed E-state index contributed by atoms with van der Waals surface area (Å²) in [5, 5.41) is 3.32. The van der Waals surface area contributed by atoms with Crippen molar-refractivity contribution in [2.75, 3.05) is 0 Å². The summed E-state index contributed by atoms with van der Waals surface area (Å²) in [5.74, 6) is 0. The molecule has 0 saturated carbocycles. The van der Waals surface area contributed by atoms with Crippen LogP contribution in [0.1, 0.15) is 22.8 Å². The smallest absolute Gasteiger partial charge is 0.0705 e. The second-order valence-corrected chi connectivity index (χ2v) is 16.0. The topological polar surface area (TPSA) is 54.0 Å². The summed E-state index contributed by atoms with van der Waals surface area (Å²) >= 11 is 55.4. The van der Waals surface area contributed by atoms with E-state index >= 15 is 0 Å². The minimum absolute atomic E-state index is 0.415. The monoisotopic (exact) mass is 884 g/mol. The van der Waals surface area contributed by atoms with Gasteiger partial charge in [-0.05, 0) is 95.1 Å². The lowest BCUT2D eigenvalue weighted by Crippen LogP contribution is -1.93. The standard InChI is InChI=1S/C44H20Cl8N4/c45-21-5-1-6-22(46)37(21)41-29-13-15-31(53-29)42(38-23(47)7-2-8-24(38)48)33-17-19-35(55-33)44(40-27(51)11-4-12-28(40)52)36-20-18-34(56-36)43(32-16-14-30(41)54-32)39-25(49)9-3-10-26(39)50/h1-20H/q-2. The van der Waals surface area contributed by atoms with E-state index in [1.807, 2.05) is 48.6 Å². The van der Waals surface area contributed by atoms with Crippen molar-refractivity contribution in [2.24, 2.45) is 0 Å². The van der Waals surface area contributed by atoms with E-state index in [0.29, 0.717) is 130 Å². The van der Waals surface area contributed by atoms with Crippen LogP contribution in [0, 0.1) is 0 Å². The van der Waals surface area contributed by atoms with Crippen molar-refractivity contribution < 1.29 is 0 Å². The van der Waals surface area contributed by atoms with Crippen LogP contribution >= 0.6 is 92.8 Å². The van der Waals surface area contributed by atoms with Gasteiger partial charge in [0.1, 0.15) is 0 Å². The van der Waals surface area contributed by atoms with Crippen molar-refractivity contribution >= 4 is 139 Å². The Morgan fingerprint density at radius 2 is 0.464 bits per heavy atom. The highest BCUT2D eigenvalue weighted by Crippen LogP contribution is 2.46. The molecular weight excluding hydrogens is 868 g/mol. The molecule has 2 aliphatic rings. The molecule has 56 heavy (non-hydrogen) atoms. The highest BCUT2D eigenvalue weighted by molar-refractivity contribution is 6.42. The van der Waals surface area contributed by atoms with Gasteiger partial charge in [-0.1, -0.05) is 141 Å². The Bertz CT molecular complexity index is 2550. The number of rotatable bonds is 4. The van der Waals surface area contributed by atoms with E-state index in [9.17, 15) is 0 Å². The average Bonchev–Trinajstić information content (AvgIpc) is 4.00. The maximum Gasteiger partial charge on any atom is 0.0705 e. The number of benzene rings is 4. The molecule has 0 fully saturated rings. The van der Waals surface area contributed by atoms with Gasteiger partial charge in [0, 0.05) is 62.4 Å². The minimum atomic E-state index is 0.415. The lowest BCUT2D eigenvalue weighted by molar-refractivity contribution is 1.30. The molecule has 2 aliphatic heterocycles. The summed E-state index contributed by atoms with van der Waals surface area (Å²) < 4.78 is 0. The fourth-order valence-electron chi connectivity index (χ4n) is 7.06. The average molecular weight is 888 g/mol. The number of halogens is 8. The van der Waals surface area contributed by atoms with E-state index in [0.717, 1.165) is 0 Å². The molecule has 7 aromatic rings. The molecular formula is C44H20Cl8N4-2. The normalized spacial score (nSPS) is 12.1. The summed E-state index contributed by atoms with van der Waals surface area (Å²) in [6.07, 6.45) is 7.53. The lowest BCUT2D eigenvalue weighted by Gasteiger charge is -2.16. The predicted molar refractivity (Wildman–Crippen MR) is 239 cm³/mol. The zero-order valence-electron chi connectivity index (χ0n) is 28.4. The van der Waals surface area contributed by atoms with Crippen LogP contribution < -0.4 is 9.97 Å². The number of nitrogens with zero attached hydrogens (tertiary/aromatic N) is 4. The fraction of sp³-hybridized carbons (Fsp3) is 0. The Hall–Kier alpha value is -4.20. The Morgan fingerprint density at radius 1 is 0.268 bits per heavy atom. The van der Waals surface area contributed by atoms with Gasteiger partial charge in [0.25, 0.3) is 0 Å². The zero-order valence-corrected chi connectivity index (χ0v) is 34.4. The van der Waals surface area contributed by atoms with E-state index < -0.39 is 0 Å². The first kappa shape index (κ1) is 37.4. The zero-order chi connectivity index (χ0) is 38.8. The fourth-order valence-corrected chi connectivity index (χ4v) is 9.40. The van der Waals surface area contributed by atoms with Gasteiger partial charge in [-0.25, -0.2) is 9.97 Å². The second-order valence-electron chi connectivity index (χ2n) is 12.7. The summed E-state index contributed by atoms with van der Waals surface area (Å²) in [6.45, 7) is 0. The number of aromatic nitrogens is 4. The minimum Gasteiger partial charge on any atom is -0.657 e. The van der Waals surface area contributed by atoms with Gasteiger partial charge in [-0.3, -0.25) is 0 Å². The second kappa shape index (κ2) is 14.9. The van der Waals surface area contributed by atoms with Gasteiger partial charge in [-0.15, -0.1) is 22.1 Å². The molecule has 0 saturated heterocycles. The molecule has 0 radical (unpaired) electrons. The summed E-state index contributed by atoms with van der Waals surface area (Å²) in [4.78, 5) is 20.8. The quantitative estimate of drug-likeness (QED) is 0.177. The highest BCUT2D eigenvalue weighted by atomic mass is 35.5. The van der Waals surface area contributed by atoms with Crippen molar-refractivity contribution in [3.8, 4) is 44.5 Å². The first-order valence-electron chi connectivity index (χ1n) is 16.9. The first-order chi connectivity index (χ1) is 27.1. The maximum absolute atomic E-state index is 6.93. The molecule has 12 heteroatoms. The Balaban J connectivity index is 1.55. The van der Waals surface area contributed by atoms with Gasteiger partial charge < -0.3 is 9.97 Å². The van der Waals surface area contributed by atoms with Crippen LogP contribution in [0.3, 0.4) is 0 Å². The highest BCUT2D eigenvalue weighted by Gasteiger charge is 2.21. The Labute approximate surface area is 360 Å². The molecule has 4 aromatic carbocycles. The number of fused-ring (bicyclic) bond motifs is 8. The molecule has 0 aliphatic carbocycles. The van der Waals surface area contributed by atoms with Crippen molar-refractivity contribution in [1.82, 2.24) is 19.9 Å². The van der Waals surface area contributed by atoms with Gasteiger partial charge in [-0.2, -0.15) is 0 Å². The van der Waals surface area contributed by atoms with Crippen LogP contribution in [-0.2, 0) is 0 Å². The van der Waals surface area contributed by atoms with Crippen LogP contribution in [0.5, 0.6) is 0 Å². The molecule has 274 valence electrons. The first-order valence-corrected chi connectivity index (χ1v) is 19.9. The van der Waals surface area contributed by atoms with E-state index in [1.54, 1.807) is 72.8 Å². The summed E-state index contributed by atoms with van der Waals surface area (Å²) in [7, 11) is 0. The number of hydrogen-bond donors (Lipinski definition) is 0. The third-order valence-electron chi connectivity index (χ3n) is 9.46. The van der Waals surface area contributed by atoms with Crippen LogP contribution in [-0.4, -0.2) is 9.97 Å². The van der Waals surface area contributed by atoms with Gasteiger partial charge in [0.2, 0.25) is 0 Å². The van der Waals surface area contributed by atoms with Crippen LogP contribution in [0.2, 0.25) is 40.2 Å². The molecule has 9 rings (SSSR count). The van der Waals surface area contributed by atoms with Crippen LogP contribution in [0.4, 0.5) is 0 Å². The van der Waals surface area contributed by atoms with Gasteiger partial charge >= 0.3 is 0 Å². The van der Waals surface area contributed by atoms with Crippen LogP contribution in [0.15, 0.2) is 97.1 Å². The molecule has 0 atom stereocenters. The van der Waals surface area contributed by atoms with Gasteiger partial charge in [0.05, 0.1) is 22.8 Å².